The van der Waals surface area contributed by atoms with Crippen LogP contribution in [0.3, 0.4) is 0 Å². The molecule has 3 aliphatic heterocycles. The number of likely N-dealkylation sites (tertiary alicyclic amines) is 1. The summed E-state index contributed by atoms with van der Waals surface area (Å²) < 4.78 is 13.3. The minimum absolute atomic E-state index is 0.0909. The first-order chi connectivity index (χ1) is 25.3. The van der Waals surface area contributed by atoms with Crippen molar-refractivity contribution in [3.05, 3.63) is 58.9 Å². The third kappa shape index (κ3) is 10.1. The second-order valence-electron chi connectivity index (χ2n) is 13.9. The van der Waals surface area contributed by atoms with Gasteiger partial charge in [0.05, 0.1) is 31.5 Å². The highest BCUT2D eigenvalue weighted by Crippen LogP contribution is 2.32. The lowest BCUT2D eigenvalue weighted by molar-refractivity contribution is -0.141. The standard InChI is InChI=1S/C38H51N7O5.CH4O/c1-27-19-28(2)45(41-27)34-21-31(20-33(23-34)43-14-16-44(17-15-43)36(47)8-4-5-18-46)32(22-37(48)49-3)25-42-13-11-29(24-42)26-50-35-10-9-30-7-6-12-39-38(30)40-35;1-2/h9-10,18-21,23,29,32H,4-8,11-17,22,24-26H2,1-3H3,(H,39,40);2H,1H3. The Morgan fingerprint density at radius 3 is 2.58 bits per heavy atom. The highest BCUT2D eigenvalue weighted by Gasteiger charge is 2.29. The van der Waals surface area contributed by atoms with Crippen LogP contribution >= 0.6 is 0 Å². The van der Waals surface area contributed by atoms with Crippen LogP contribution in [-0.2, 0) is 25.5 Å². The molecule has 2 fully saturated rings. The van der Waals surface area contributed by atoms with Crippen LogP contribution < -0.4 is 15.0 Å². The van der Waals surface area contributed by atoms with Crippen molar-refractivity contribution < 1.29 is 29.0 Å². The van der Waals surface area contributed by atoms with Crippen molar-refractivity contribution >= 4 is 29.7 Å². The molecule has 2 N–H and O–H groups in total. The Labute approximate surface area is 307 Å². The number of aliphatic hydroxyl groups is 1. The number of hydrogen-bond acceptors (Lipinski definition) is 11. The maximum absolute atomic E-state index is 12.8. The number of amides is 1. The van der Waals surface area contributed by atoms with Gasteiger partial charge in [0.15, 0.2) is 0 Å². The van der Waals surface area contributed by atoms with Crippen molar-refractivity contribution in [3.63, 3.8) is 0 Å². The van der Waals surface area contributed by atoms with Gasteiger partial charge in [0.25, 0.3) is 0 Å². The van der Waals surface area contributed by atoms with E-state index in [1.807, 2.05) is 22.6 Å². The largest absolute Gasteiger partial charge is 0.477 e. The van der Waals surface area contributed by atoms with Crippen LogP contribution in [0.2, 0.25) is 0 Å². The van der Waals surface area contributed by atoms with E-state index in [2.05, 4.69) is 52.4 Å². The van der Waals surface area contributed by atoms with Crippen LogP contribution in [0.4, 0.5) is 11.5 Å². The van der Waals surface area contributed by atoms with Crippen LogP contribution in [0.15, 0.2) is 36.4 Å². The zero-order valence-corrected chi connectivity index (χ0v) is 31.2. The number of piperazine rings is 1. The zero-order chi connectivity index (χ0) is 37.0. The summed E-state index contributed by atoms with van der Waals surface area (Å²) in [5.41, 5.74) is 6.28. The van der Waals surface area contributed by atoms with E-state index < -0.39 is 0 Å². The molecule has 0 saturated carbocycles. The summed E-state index contributed by atoms with van der Waals surface area (Å²) >= 11 is 0. The van der Waals surface area contributed by atoms with E-state index in [-0.39, 0.29) is 24.2 Å². The molecule has 0 bridgehead atoms. The van der Waals surface area contributed by atoms with Gasteiger partial charge in [-0.2, -0.15) is 10.1 Å². The number of rotatable bonds is 14. The summed E-state index contributed by atoms with van der Waals surface area (Å²) in [6, 6.07) is 12.7. The van der Waals surface area contributed by atoms with Crippen molar-refractivity contribution in [1.29, 1.82) is 0 Å². The summed E-state index contributed by atoms with van der Waals surface area (Å²) in [6.45, 7) is 10.8. The molecule has 2 aromatic heterocycles. The van der Waals surface area contributed by atoms with Crippen molar-refractivity contribution in [1.82, 2.24) is 24.6 Å². The van der Waals surface area contributed by atoms with Crippen molar-refractivity contribution in [2.45, 2.75) is 64.7 Å². The minimum atomic E-state index is -0.235. The lowest BCUT2D eigenvalue weighted by Crippen LogP contribution is -2.48. The van der Waals surface area contributed by atoms with E-state index in [4.69, 9.17) is 24.7 Å². The van der Waals surface area contributed by atoms with Gasteiger partial charge in [-0.05, 0) is 87.5 Å². The van der Waals surface area contributed by atoms with E-state index in [0.29, 0.717) is 63.8 Å². The van der Waals surface area contributed by atoms with Gasteiger partial charge in [0, 0.05) is 95.0 Å². The molecule has 2 saturated heterocycles. The fourth-order valence-corrected chi connectivity index (χ4v) is 7.45. The first kappa shape index (κ1) is 38.7. The highest BCUT2D eigenvalue weighted by atomic mass is 16.5. The second kappa shape index (κ2) is 18.8. The molecule has 2 unspecified atom stereocenters. The summed E-state index contributed by atoms with van der Waals surface area (Å²) in [7, 11) is 2.45. The summed E-state index contributed by atoms with van der Waals surface area (Å²) in [5, 5.41) is 15.2. The topological polar surface area (TPSA) is 142 Å². The number of benzene rings is 1. The normalized spacial score (nSPS) is 17.8. The number of unbranched alkanes of at least 4 members (excludes halogenated alkanes) is 1. The lowest BCUT2D eigenvalue weighted by atomic mass is 9.93. The molecule has 0 aliphatic carbocycles. The fourth-order valence-electron chi connectivity index (χ4n) is 7.45. The predicted molar refractivity (Wildman–Crippen MR) is 200 cm³/mol. The summed E-state index contributed by atoms with van der Waals surface area (Å²) in [6.07, 6.45) is 5.73. The number of carbonyl (C=O) groups is 3. The van der Waals surface area contributed by atoms with Gasteiger partial charge in [-0.15, -0.1) is 0 Å². The fraction of sp³-hybridized carbons (Fsp3) is 0.564. The first-order valence-electron chi connectivity index (χ1n) is 18.5. The maximum Gasteiger partial charge on any atom is 0.306 e. The Kier molecular flexibility index (Phi) is 14.0. The summed E-state index contributed by atoms with van der Waals surface area (Å²) in [5.74, 6) is 1.75. The predicted octanol–water partition coefficient (Wildman–Crippen LogP) is 3.92. The first-order valence-corrected chi connectivity index (χ1v) is 18.5. The molecule has 282 valence electrons. The van der Waals surface area contributed by atoms with Crippen LogP contribution in [-0.4, -0.2) is 121 Å². The molecule has 0 radical (unpaired) electrons. The number of nitrogens with zero attached hydrogens (tertiary/aromatic N) is 6. The molecule has 6 rings (SSSR count). The van der Waals surface area contributed by atoms with Gasteiger partial charge in [-0.3, -0.25) is 9.59 Å². The number of carbonyl (C=O) groups excluding carboxylic acids is 3. The number of hydrogen-bond donors (Lipinski definition) is 2. The van der Waals surface area contributed by atoms with Gasteiger partial charge in [-0.1, -0.05) is 0 Å². The molecular formula is C39H55N7O6. The van der Waals surface area contributed by atoms with Gasteiger partial charge < -0.3 is 39.4 Å². The number of aldehydes is 1. The molecule has 0 spiro atoms. The van der Waals surface area contributed by atoms with Crippen LogP contribution in [0.25, 0.3) is 5.69 Å². The number of anilines is 2. The molecular weight excluding hydrogens is 662 g/mol. The van der Waals surface area contributed by atoms with Gasteiger partial charge in [0.1, 0.15) is 12.1 Å². The number of pyridine rings is 1. The number of aromatic nitrogens is 3. The monoisotopic (exact) mass is 717 g/mol. The maximum atomic E-state index is 12.8. The molecule has 52 heavy (non-hydrogen) atoms. The third-order valence-electron chi connectivity index (χ3n) is 10.2. The average molecular weight is 718 g/mol. The second-order valence-corrected chi connectivity index (χ2v) is 13.9. The molecule has 3 aliphatic rings. The van der Waals surface area contributed by atoms with Gasteiger partial charge >= 0.3 is 5.97 Å². The number of fused-ring (bicyclic) bond motifs is 1. The SMILES string of the molecule is CO.COC(=O)CC(CN1CCC(COc2ccc3c(n2)NCCC3)C1)c1cc(N2CCN(C(=O)CCCC=O)CC2)cc(-n2nc(C)cc2C)c1. The van der Waals surface area contributed by atoms with Gasteiger partial charge in [0.2, 0.25) is 11.8 Å². The van der Waals surface area contributed by atoms with E-state index in [0.717, 1.165) is 93.0 Å². The molecule has 13 heteroatoms. The van der Waals surface area contributed by atoms with Crippen LogP contribution in [0, 0.1) is 19.8 Å². The van der Waals surface area contributed by atoms with E-state index in [1.165, 1.54) is 12.7 Å². The van der Waals surface area contributed by atoms with Crippen LogP contribution in [0.5, 0.6) is 5.88 Å². The smallest absolute Gasteiger partial charge is 0.306 e. The molecule has 1 amide bonds. The Hall–Kier alpha value is -4.49. The third-order valence-corrected chi connectivity index (χ3v) is 10.2. The van der Waals surface area contributed by atoms with E-state index >= 15 is 0 Å². The number of esters is 1. The average Bonchev–Trinajstić information content (AvgIpc) is 3.78. The molecule has 3 aromatic rings. The van der Waals surface area contributed by atoms with Gasteiger partial charge in [-0.25, -0.2) is 4.68 Å². The number of nitrogens with one attached hydrogen (secondary N) is 1. The number of aliphatic hydroxyl groups excluding tert-OH is 1. The molecule has 13 nitrogen and oxygen atoms in total. The highest BCUT2D eigenvalue weighted by molar-refractivity contribution is 5.77. The quantitative estimate of drug-likeness (QED) is 0.142. The van der Waals surface area contributed by atoms with Crippen molar-refractivity contribution in [2.24, 2.45) is 5.92 Å². The number of ether oxygens (including phenoxy) is 2. The van der Waals surface area contributed by atoms with E-state index in [1.54, 1.807) is 0 Å². The molecule has 1 aromatic carbocycles. The Balaban J connectivity index is 0.00000257. The summed E-state index contributed by atoms with van der Waals surface area (Å²) in [4.78, 5) is 47.6. The minimum Gasteiger partial charge on any atom is -0.477 e. The Morgan fingerprint density at radius 2 is 1.85 bits per heavy atom. The van der Waals surface area contributed by atoms with Crippen molar-refractivity contribution in [2.75, 3.05) is 83.4 Å². The number of methoxy groups -OCH3 is 1. The number of aryl methyl sites for hydroxylation is 3. The molecule has 2 atom stereocenters. The molecule has 5 heterocycles. The Morgan fingerprint density at radius 1 is 1.06 bits per heavy atom. The zero-order valence-electron chi connectivity index (χ0n) is 31.2. The van der Waals surface area contributed by atoms with Crippen molar-refractivity contribution in [3.8, 4) is 11.6 Å². The lowest BCUT2D eigenvalue weighted by Gasteiger charge is -2.37. The Bertz CT molecular complexity index is 1650. The van der Waals surface area contributed by atoms with Crippen LogP contribution in [0.1, 0.15) is 67.0 Å². The van der Waals surface area contributed by atoms with E-state index in [9.17, 15) is 14.4 Å².